The van der Waals surface area contributed by atoms with Crippen LogP contribution < -0.4 is 0 Å². The number of nitrogens with zero attached hydrogens (tertiary/aromatic N) is 3. The zero-order valence-corrected chi connectivity index (χ0v) is 8.25. The van der Waals surface area contributed by atoms with Crippen molar-refractivity contribution in [2.75, 3.05) is 6.61 Å². The van der Waals surface area contributed by atoms with E-state index in [1.54, 1.807) is 30.3 Å². The van der Waals surface area contributed by atoms with E-state index in [1.165, 1.54) is 12.1 Å². The minimum Gasteiger partial charge on any atom is -0.386 e. The van der Waals surface area contributed by atoms with E-state index in [0.29, 0.717) is 5.56 Å². The monoisotopic (exact) mass is 213 g/mol. The molecule has 5 heteroatoms. The average molecular weight is 213 g/mol. The predicted molar refractivity (Wildman–Crippen MR) is 55.4 cm³/mol. The average Bonchev–Trinajstić information content (AvgIpc) is 2.35. The number of oxime groups is 1. The fourth-order valence-electron chi connectivity index (χ4n) is 0.929. The molecular formula is C11H7N3O2. The van der Waals surface area contributed by atoms with Gasteiger partial charge in [-0.2, -0.15) is 10.5 Å². The van der Waals surface area contributed by atoms with Gasteiger partial charge in [-0.15, -0.1) is 0 Å². The molecule has 0 bridgehead atoms. The zero-order valence-electron chi connectivity index (χ0n) is 8.25. The molecule has 0 saturated carbocycles. The van der Waals surface area contributed by atoms with E-state index in [9.17, 15) is 4.79 Å². The first kappa shape index (κ1) is 11.4. The Labute approximate surface area is 92.2 Å². The number of carbonyl (C=O) groups excluding carboxylic acids is 1. The molecule has 0 unspecified atom stereocenters. The third-order valence-corrected chi connectivity index (χ3v) is 1.66. The Morgan fingerprint density at radius 3 is 2.44 bits per heavy atom. The minimum atomic E-state index is -0.416. The van der Waals surface area contributed by atoms with Gasteiger partial charge in [-0.25, -0.2) is 0 Å². The summed E-state index contributed by atoms with van der Waals surface area (Å²) in [6.45, 7) is -0.295. The molecule has 0 N–H and O–H groups in total. The fraction of sp³-hybridized carbons (Fsp3) is 0.0909. The van der Waals surface area contributed by atoms with Crippen LogP contribution in [0.4, 0.5) is 0 Å². The molecule has 0 aromatic heterocycles. The molecular weight excluding hydrogens is 206 g/mol. The lowest BCUT2D eigenvalue weighted by Gasteiger charge is -1.98. The fourth-order valence-corrected chi connectivity index (χ4v) is 0.929. The van der Waals surface area contributed by atoms with Crippen molar-refractivity contribution in [2.24, 2.45) is 5.16 Å². The third-order valence-electron chi connectivity index (χ3n) is 1.66. The maximum atomic E-state index is 11.4. The molecule has 0 atom stereocenters. The molecule has 0 aliphatic carbocycles. The number of Topliss-reactive ketones (excluding diaryl/α,β-unsaturated/α-hetero) is 1. The number of nitriles is 2. The van der Waals surface area contributed by atoms with Crippen LogP contribution in [0, 0.1) is 22.7 Å². The van der Waals surface area contributed by atoms with Crippen LogP contribution in [0.15, 0.2) is 35.5 Å². The van der Waals surface area contributed by atoms with Crippen molar-refractivity contribution in [1.29, 1.82) is 10.5 Å². The SMILES string of the molecule is N#CC(C#N)=NOCC(=O)c1ccccc1. The van der Waals surface area contributed by atoms with Crippen LogP contribution in [0.2, 0.25) is 0 Å². The van der Waals surface area contributed by atoms with Crippen LogP contribution in [-0.2, 0) is 4.84 Å². The second-order valence-electron chi connectivity index (χ2n) is 2.73. The minimum absolute atomic E-state index is 0.264. The molecule has 5 nitrogen and oxygen atoms in total. The Hall–Kier alpha value is -2.66. The Morgan fingerprint density at radius 2 is 1.88 bits per heavy atom. The summed E-state index contributed by atoms with van der Waals surface area (Å²) in [6, 6.07) is 11.6. The summed E-state index contributed by atoms with van der Waals surface area (Å²) in [5, 5.41) is 19.9. The number of hydrogen-bond donors (Lipinski definition) is 0. The molecule has 0 saturated heterocycles. The maximum absolute atomic E-state index is 11.4. The van der Waals surface area contributed by atoms with Gasteiger partial charge in [-0.05, 0) is 0 Å². The standard InChI is InChI=1S/C11H7N3O2/c12-6-10(7-13)14-16-8-11(15)9-4-2-1-3-5-9/h1-5H,8H2. The van der Waals surface area contributed by atoms with Gasteiger partial charge in [-0.3, -0.25) is 4.79 Å². The van der Waals surface area contributed by atoms with Crippen molar-refractivity contribution in [1.82, 2.24) is 0 Å². The Balaban J connectivity index is 2.53. The Kier molecular flexibility index (Phi) is 4.24. The second kappa shape index (κ2) is 5.94. The Morgan fingerprint density at radius 1 is 1.25 bits per heavy atom. The van der Waals surface area contributed by atoms with E-state index >= 15 is 0 Å². The van der Waals surface area contributed by atoms with E-state index in [0.717, 1.165) is 0 Å². The summed E-state index contributed by atoms with van der Waals surface area (Å²) >= 11 is 0. The summed E-state index contributed by atoms with van der Waals surface area (Å²) in [5.41, 5.74) is 0.0778. The summed E-state index contributed by atoms with van der Waals surface area (Å²) in [5.74, 6) is -0.264. The van der Waals surface area contributed by atoms with E-state index in [2.05, 4.69) is 9.99 Å². The molecule has 78 valence electrons. The highest BCUT2D eigenvalue weighted by molar-refractivity contribution is 6.09. The van der Waals surface area contributed by atoms with Crippen LogP contribution in [0.5, 0.6) is 0 Å². The molecule has 1 rings (SSSR count). The van der Waals surface area contributed by atoms with Gasteiger partial charge < -0.3 is 4.84 Å². The van der Waals surface area contributed by atoms with Gasteiger partial charge >= 0.3 is 0 Å². The van der Waals surface area contributed by atoms with Crippen LogP contribution in [0.25, 0.3) is 0 Å². The highest BCUT2D eigenvalue weighted by Crippen LogP contribution is 2.00. The third kappa shape index (κ3) is 3.24. The molecule has 0 amide bonds. The molecule has 0 aliphatic rings. The lowest BCUT2D eigenvalue weighted by molar-refractivity contribution is 0.0777. The predicted octanol–water partition coefficient (Wildman–Crippen LogP) is 1.29. The van der Waals surface area contributed by atoms with Crippen molar-refractivity contribution < 1.29 is 9.63 Å². The number of ketones is 1. The van der Waals surface area contributed by atoms with Crippen molar-refractivity contribution >= 4 is 11.5 Å². The van der Waals surface area contributed by atoms with Gasteiger partial charge in [0.05, 0.1) is 0 Å². The molecule has 0 aliphatic heterocycles. The van der Waals surface area contributed by atoms with Gasteiger partial charge in [0.1, 0.15) is 12.1 Å². The first-order chi connectivity index (χ1) is 7.77. The smallest absolute Gasteiger partial charge is 0.256 e. The van der Waals surface area contributed by atoms with E-state index in [-0.39, 0.29) is 12.4 Å². The van der Waals surface area contributed by atoms with Gasteiger partial charge in [0.25, 0.3) is 5.71 Å². The highest BCUT2D eigenvalue weighted by Gasteiger charge is 2.05. The normalized spacial score (nSPS) is 8.38. The zero-order chi connectivity index (χ0) is 11.8. The van der Waals surface area contributed by atoms with Crippen molar-refractivity contribution in [3.05, 3.63) is 35.9 Å². The van der Waals surface area contributed by atoms with E-state index < -0.39 is 5.71 Å². The van der Waals surface area contributed by atoms with Crippen molar-refractivity contribution in [3.63, 3.8) is 0 Å². The summed E-state index contributed by atoms with van der Waals surface area (Å²) in [6.07, 6.45) is 0. The van der Waals surface area contributed by atoms with Gasteiger partial charge in [0, 0.05) is 5.56 Å². The largest absolute Gasteiger partial charge is 0.386 e. The molecule has 16 heavy (non-hydrogen) atoms. The molecule has 0 spiro atoms. The number of carbonyl (C=O) groups is 1. The first-order valence-corrected chi connectivity index (χ1v) is 4.36. The van der Waals surface area contributed by atoms with Gasteiger partial charge in [-0.1, -0.05) is 35.5 Å². The van der Waals surface area contributed by atoms with Gasteiger partial charge in [0.2, 0.25) is 5.78 Å². The molecule has 1 aromatic carbocycles. The van der Waals surface area contributed by atoms with Crippen LogP contribution in [-0.4, -0.2) is 18.1 Å². The highest BCUT2D eigenvalue weighted by atomic mass is 16.6. The molecule has 1 aromatic rings. The molecule has 0 radical (unpaired) electrons. The Bertz CT molecular complexity index is 464. The maximum Gasteiger partial charge on any atom is 0.256 e. The second-order valence-corrected chi connectivity index (χ2v) is 2.73. The number of benzene rings is 1. The summed E-state index contributed by atoms with van der Waals surface area (Å²) in [4.78, 5) is 16.0. The topological polar surface area (TPSA) is 86.2 Å². The quantitative estimate of drug-likeness (QED) is 0.428. The van der Waals surface area contributed by atoms with Gasteiger partial charge in [0.15, 0.2) is 6.61 Å². The summed E-state index contributed by atoms with van der Waals surface area (Å²) < 4.78 is 0. The lowest BCUT2D eigenvalue weighted by atomic mass is 10.1. The van der Waals surface area contributed by atoms with E-state index in [4.69, 9.17) is 10.5 Å². The molecule has 0 fully saturated rings. The number of hydrogen-bond acceptors (Lipinski definition) is 5. The van der Waals surface area contributed by atoms with Crippen LogP contribution >= 0.6 is 0 Å². The van der Waals surface area contributed by atoms with Crippen molar-refractivity contribution in [2.45, 2.75) is 0 Å². The number of rotatable bonds is 4. The van der Waals surface area contributed by atoms with E-state index in [1.807, 2.05) is 0 Å². The molecule has 0 heterocycles. The van der Waals surface area contributed by atoms with Crippen LogP contribution in [0.3, 0.4) is 0 Å². The lowest BCUT2D eigenvalue weighted by Crippen LogP contribution is -2.07. The summed E-state index contributed by atoms with van der Waals surface area (Å²) in [7, 11) is 0. The van der Waals surface area contributed by atoms with Crippen molar-refractivity contribution in [3.8, 4) is 12.1 Å². The first-order valence-electron chi connectivity index (χ1n) is 4.36. The van der Waals surface area contributed by atoms with Crippen LogP contribution in [0.1, 0.15) is 10.4 Å².